The van der Waals surface area contributed by atoms with Crippen molar-refractivity contribution in [3.63, 3.8) is 0 Å². The number of hydrogen-bond donors (Lipinski definition) is 2. The number of hydrogen-bond acceptors (Lipinski definition) is 4. The normalized spacial score (nSPS) is 14.1. The molecule has 0 fully saturated rings. The molecule has 0 spiro atoms. The number of benzene rings is 1. The summed E-state index contributed by atoms with van der Waals surface area (Å²) >= 11 is 3.85. The minimum absolute atomic E-state index is 0.342. The van der Waals surface area contributed by atoms with Crippen LogP contribution in [-0.4, -0.2) is 31.0 Å². The van der Waals surface area contributed by atoms with Crippen molar-refractivity contribution in [1.29, 1.82) is 0 Å². The number of aromatic nitrogens is 2. The molecule has 106 valence electrons. The molecule has 1 aliphatic heterocycles. The Morgan fingerprint density at radius 3 is 3.14 bits per heavy atom. The number of rotatable bonds is 2. The molecule has 2 N–H and O–H groups in total. The molecule has 6 heteroatoms. The molecule has 0 saturated carbocycles. The van der Waals surface area contributed by atoms with Gasteiger partial charge in [-0.25, -0.2) is 0 Å². The summed E-state index contributed by atoms with van der Waals surface area (Å²) in [5.41, 5.74) is 2.50. The quantitative estimate of drug-likeness (QED) is 0.641. The van der Waals surface area contributed by atoms with Gasteiger partial charge in [-0.1, -0.05) is 0 Å². The van der Waals surface area contributed by atoms with Gasteiger partial charge in [-0.05, 0) is 0 Å². The number of halogens is 1. The van der Waals surface area contributed by atoms with Crippen molar-refractivity contribution in [3.05, 3.63) is 45.1 Å². The van der Waals surface area contributed by atoms with Gasteiger partial charge in [0.15, 0.2) is 0 Å². The van der Waals surface area contributed by atoms with E-state index in [4.69, 9.17) is 0 Å². The van der Waals surface area contributed by atoms with Crippen molar-refractivity contribution in [2.75, 3.05) is 11.9 Å². The van der Waals surface area contributed by atoms with E-state index >= 15 is 0 Å². The van der Waals surface area contributed by atoms with E-state index < -0.39 is 0 Å². The second-order valence-corrected chi connectivity index (χ2v) is 8.16. The van der Waals surface area contributed by atoms with Crippen LogP contribution in [0.2, 0.25) is 0 Å². The van der Waals surface area contributed by atoms with Crippen LogP contribution in [0.3, 0.4) is 0 Å². The molecule has 0 unspecified atom stereocenters. The Kier molecular flexibility index (Phi) is 3.55. The summed E-state index contributed by atoms with van der Waals surface area (Å²) in [6, 6.07) is 8.16. The first kappa shape index (κ1) is 13.5. The molecule has 1 aliphatic rings. The molecule has 3 heterocycles. The van der Waals surface area contributed by atoms with Crippen LogP contribution in [0.4, 0.5) is 11.5 Å². The Hall–Kier alpha value is -1.20. The fourth-order valence-corrected chi connectivity index (χ4v) is 5.48. The molecule has 1 aromatic carbocycles. The summed E-state index contributed by atoms with van der Waals surface area (Å²) < 4.78 is 3.80. The van der Waals surface area contributed by atoms with Crippen LogP contribution in [0.25, 0.3) is 9.78 Å². The van der Waals surface area contributed by atoms with Crippen LogP contribution in [0, 0.1) is 0 Å². The van der Waals surface area contributed by atoms with Crippen LogP contribution in [0.1, 0.15) is 10.0 Å². The van der Waals surface area contributed by atoms with Crippen molar-refractivity contribution in [1.82, 2.24) is 15.3 Å². The van der Waals surface area contributed by atoms with E-state index in [9.17, 15) is 0 Å². The molecule has 0 atom stereocenters. The predicted molar refractivity (Wildman–Crippen MR) is 89.3 cm³/mol. The Bertz CT molecular complexity index is 815. The monoisotopic (exact) mass is 408 g/mol. The minimum atomic E-state index is 0.342. The van der Waals surface area contributed by atoms with Crippen molar-refractivity contribution in [2.45, 2.75) is 13.0 Å². The van der Waals surface area contributed by atoms with Gasteiger partial charge >= 0.3 is 137 Å². The Morgan fingerprint density at radius 2 is 2.24 bits per heavy atom. The van der Waals surface area contributed by atoms with Gasteiger partial charge in [0.2, 0.25) is 0 Å². The van der Waals surface area contributed by atoms with E-state index in [2.05, 4.69) is 48.7 Å². The van der Waals surface area contributed by atoms with Gasteiger partial charge < -0.3 is 0 Å². The van der Waals surface area contributed by atoms with E-state index in [1.54, 1.807) is 6.33 Å². The van der Waals surface area contributed by atoms with Crippen LogP contribution < -0.4 is 10.6 Å². The summed E-state index contributed by atoms with van der Waals surface area (Å²) in [4.78, 5) is 8.99. The number of anilines is 2. The molecule has 0 amide bonds. The van der Waals surface area contributed by atoms with Crippen LogP contribution >= 0.6 is 15.9 Å². The standard InChI is InChI=1S/C15H13BrN4Se/c16-9-2-1-3-10(6-9)20-14-13-11-4-5-17-7-12(11)21-15(13)19-8-18-14/h1-3,6,8,17H,4-5,7H2,(H,18,19,20). The second kappa shape index (κ2) is 5.54. The third kappa shape index (κ3) is 2.53. The number of nitrogens with zero attached hydrogens (tertiary/aromatic N) is 2. The third-order valence-corrected chi connectivity index (χ3v) is 6.48. The zero-order chi connectivity index (χ0) is 14.2. The summed E-state index contributed by atoms with van der Waals surface area (Å²) in [7, 11) is 0. The van der Waals surface area contributed by atoms with Gasteiger partial charge in [-0.15, -0.1) is 0 Å². The van der Waals surface area contributed by atoms with Crippen molar-refractivity contribution in [3.8, 4) is 0 Å². The van der Waals surface area contributed by atoms with E-state index in [0.717, 1.165) is 35.5 Å². The molecule has 0 radical (unpaired) electrons. The number of nitrogens with one attached hydrogen (secondary N) is 2. The predicted octanol–water partition coefficient (Wildman–Crippen LogP) is 2.84. The van der Waals surface area contributed by atoms with Gasteiger partial charge in [0.1, 0.15) is 0 Å². The molecule has 4 rings (SSSR count). The summed E-state index contributed by atoms with van der Waals surface area (Å²) in [5.74, 6) is 0.937. The first-order valence-electron chi connectivity index (χ1n) is 6.80. The molecule has 0 bridgehead atoms. The summed E-state index contributed by atoms with van der Waals surface area (Å²) in [6.07, 6.45) is 2.75. The molecule has 0 aliphatic carbocycles. The van der Waals surface area contributed by atoms with E-state index in [1.165, 1.54) is 19.8 Å². The zero-order valence-corrected chi connectivity index (χ0v) is 14.5. The first-order valence-corrected chi connectivity index (χ1v) is 9.30. The second-order valence-electron chi connectivity index (χ2n) is 4.97. The van der Waals surface area contributed by atoms with Gasteiger partial charge in [-0.2, -0.15) is 0 Å². The van der Waals surface area contributed by atoms with E-state index in [-0.39, 0.29) is 0 Å². The summed E-state index contributed by atoms with van der Waals surface area (Å²) in [6.45, 7) is 2.04. The Morgan fingerprint density at radius 1 is 1.29 bits per heavy atom. The molecule has 2 aromatic heterocycles. The van der Waals surface area contributed by atoms with Crippen LogP contribution in [0.15, 0.2) is 35.1 Å². The van der Waals surface area contributed by atoms with Crippen molar-refractivity contribution in [2.24, 2.45) is 0 Å². The van der Waals surface area contributed by atoms with Crippen LogP contribution in [0.5, 0.6) is 0 Å². The van der Waals surface area contributed by atoms with Gasteiger partial charge in [0.25, 0.3) is 0 Å². The maximum atomic E-state index is 4.50. The van der Waals surface area contributed by atoms with Gasteiger partial charge in [0.05, 0.1) is 0 Å². The average molecular weight is 408 g/mol. The SMILES string of the molecule is Brc1cccc(Nc2ncnc3[se]c4c(c23)CCNC4)c1. The maximum absolute atomic E-state index is 4.50. The number of fused-ring (bicyclic) bond motifs is 3. The topological polar surface area (TPSA) is 49.8 Å². The van der Waals surface area contributed by atoms with Gasteiger partial charge in [0, 0.05) is 0 Å². The molecular weight excluding hydrogens is 395 g/mol. The summed E-state index contributed by atoms with van der Waals surface area (Å²) in [5, 5.41) is 8.15. The fraction of sp³-hybridized carbons (Fsp3) is 0.200. The first-order chi connectivity index (χ1) is 10.3. The zero-order valence-electron chi connectivity index (χ0n) is 11.2. The van der Waals surface area contributed by atoms with Crippen molar-refractivity contribution >= 4 is 51.7 Å². The Balaban J connectivity index is 1.83. The van der Waals surface area contributed by atoms with Gasteiger partial charge in [-0.3, -0.25) is 0 Å². The van der Waals surface area contributed by atoms with Crippen molar-refractivity contribution < 1.29 is 0 Å². The molecular formula is C15H13BrN4Se. The van der Waals surface area contributed by atoms with E-state index in [1.807, 2.05) is 12.1 Å². The molecule has 3 aromatic rings. The Labute approximate surface area is 136 Å². The van der Waals surface area contributed by atoms with Crippen LogP contribution in [-0.2, 0) is 13.0 Å². The average Bonchev–Trinajstić information content (AvgIpc) is 2.87. The van der Waals surface area contributed by atoms with E-state index in [0.29, 0.717) is 14.5 Å². The fourth-order valence-electron chi connectivity index (χ4n) is 2.66. The molecule has 0 saturated heterocycles. The molecule has 4 nitrogen and oxygen atoms in total. The third-order valence-electron chi connectivity index (χ3n) is 3.60. The molecule has 21 heavy (non-hydrogen) atoms.